The number of hydrogen-bond acceptors (Lipinski definition) is 11. The van der Waals surface area contributed by atoms with Crippen LogP contribution in [0.1, 0.15) is 19.3 Å². The van der Waals surface area contributed by atoms with Crippen LogP contribution in [0.25, 0.3) is 0 Å². The largest absolute Gasteiger partial charge is 0.376 e. The Labute approximate surface area is 190 Å². The van der Waals surface area contributed by atoms with Gasteiger partial charge in [0, 0.05) is 26.6 Å². The summed E-state index contributed by atoms with van der Waals surface area (Å²) in [6, 6.07) is 1.97. The summed E-state index contributed by atoms with van der Waals surface area (Å²) in [5.74, 6) is 0. The van der Waals surface area contributed by atoms with E-state index < -0.39 is 50.1 Å². The summed E-state index contributed by atoms with van der Waals surface area (Å²) >= 11 is 10.6. The van der Waals surface area contributed by atoms with Gasteiger partial charge in [-0.3, -0.25) is 4.52 Å². The predicted octanol–water partition coefficient (Wildman–Crippen LogP) is 2.11. The Kier molecular flexibility index (Phi) is 9.78. The van der Waals surface area contributed by atoms with Gasteiger partial charge >= 0.3 is 13.4 Å². The van der Waals surface area contributed by atoms with Crippen LogP contribution in [0.15, 0.2) is 0 Å². The van der Waals surface area contributed by atoms with Crippen LogP contribution < -0.4 is 0 Å². The van der Waals surface area contributed by atoms with Gasteiger partial charge in [0.05, 0.1) is 45.0 Å². The van der Waals surface area contributed by atoms with Crippen molar-refractivity contribution >= 4 is 37.1 Å². The molecule has 3 fully saturated rings. The van der Waals surface area contributed by atoms with Crippen molar-refractivity contribution in [3.8, 4) is 6.07 Å². The molecule has 1 N–H and O–H groups in total. The minimum atomic E-state index is -3.82. The minimum absolute atomic E-state index is 0.00974. The summed E-state index contributed by atoms with van der Waals surface area (Å²) in [4.78, 5) is 10.5. The highest BCUT2D eigenvalue weighted by atomic mass is 32.5. The third-order valence-corrected chi connectivity index (χ3v) is 8.91. The monoisotopic (exact) mass is 521 g/mol. The molecule has 0 aromatic heterocycles. The van der Waals surface area contributed by atoms with Crippen LogP contribution in [0, 0.1) is 11.3 Å². The van der Waals surface area contributed by atoms with E-state index in [-0.39, 0.29) is 39.3 Å². The van der Waals surface area contributed by atoms with Gasteiger partial charge in [-0.1, -0.05) is 0 Å². The lowest BCUT2D eigenvalue weighted by Crippen LogP contribution is -2.48. The molecule has 0 aliphatic carbocycles. The normalized spacial score (nSPS) is 44.7. The van der Waals surface area contributed by atoms with Crippen LogP contribution in [0.3, 0.4) is 0 Å². The van der Waals surface area contributed by atoms with Crippen LogP contribution >= 0.6 is 13.4 Å². The molecule has 31 heavy (non-hydrogen) atoms. The highest BCUT2D eigenvalue weighted by Gasteiger charge is 2.44. The Morgan fingerprint density at radius 2 is 1.81 bits per heavy atom. The molecule has 0 amide bonds. The smallest absolute Gasteiger partial charge is 0.327 e. The zero-order valence-corrected chi connectivity index (χ0v) is 20.3. The Hall–Kier alpha value is 0.360. The number of ether oxygens (including phenoxy) is 3. The second-order valence-corrected chi connectivity index (χ2v) is 12.8. The van der Waals surface area contributed by atoms with Gasteiger partial charge in [0.1, 0.15) is 30.6 Å². The molecule has 0 aromatic carbocycles. The van der Waals surface area contributed by atoms with Crippen molar-refractivity contribution in [3.05, 3.63) is 0 Å². The van der Waals surface area contributed by atoms with Gasteiger partial charge < -0.3 is 37.2 Å². The van der Waals surface area contributed by atoms with Crippen molar-refractivity contribution in [2.45, 2.75) is 56.0 Å². The zero-order valence-electron chi connectivity index (χ0n) is 16.9. The van der Waals surface area contributed by atoms with Crippen molar-refractivity contribution < 1.29 is 46.1 Å². The summed E-state index contributed by atoms with van der Waals surface area (Å²) in [7, 11) is 1.48. The third-order valence-electron chi connectivity index (χ3n) is 4.97. The number of hydrogen-bond donors (Lipinski definition) is 1. The molecule has 0 spiro atoms. The molecule has 2 unspecified atom stereocenters. The maximum atomic E-state index is 14.6. The van der Waals surface area contributed by atoms with E-state index in [2.05, 4.69) is 0 Å². The van der Waals surface area contributed by atoms with E-state index in [1.54, 1.807) is 0 Å². The molecular weight excluding hydrogens is 495 g/mol. The van der Waals surface area contributed by atoms with Gasteiger partial charge in [0.2, 0.25) is 0 Å². The first-order valence-corrected chi connectivity index (χ1v) is 14.9. The number of nitriles is 1. The second kappa shape index (κ2) is 11.7. The molecule has 3 saturated heterocycles. The Bertz CT molecular complexity index is 744. The molecule has 0 saturated carbocycles. The van der Waals surface area contributed by atoms with E-state index in [0.29, 0.717) is 13.0 Å². The summed E-state index contributed by atoms with van der Waals surface area (Å²) in [6.07, 6.45) is -4.81. The number of halogens is 1. The molecule has 0 radical (unpaired) electrons. The number of alkyl halides is 1. The fourth-order valence-electron chi connectivity index (χ4n) is 3.48. The molecule has 0 aromatic rings. The molecule has 8 atom stereocenters. The van der Waals surface area contributed by atoms with E-state index in [9.17, 15) is 9.28 Å². The summed E-state index contributed by atoms with van der Waals surface area (Å²) < 4.78 is 59.9. The molecular formula is C16H26FNO9P2S2. The molecule has 178 valence electrons. The average molecular weight is 521 g/mol. The van der Waals surface area contributed by atoms with Gasteiger partial charge in [-0.15, -0.1) is 0 Å². The average Bonchev–Trinajstić information content (AvgIpc) is 2.73. The number of rotatable bonds is 4. The summed E-state index contributed by atoms with van der Waals surface area (Å²) in [6.45, 7) is -7.11. The molecule has 3 heterocycles. The van der Waals surface area contributed by atoms with Gasteiger partial charge in [-0.25, -0.2) is 4.39 Å². The van der Waals surface area contributed by atoms with Crippen LogP contribution in [0.4, 0.5) is 4.39 Å². The standard InChI is InChI=1S/C16H26FNO9P2S2/c1-20-16-12-4-8-22-14(16)9-24-28(19,30)27-15-11(17)3-7-21-13(15)10-25-29(31,26-12)23-6-2-5-18/h11-16H,2-4,6-10H2,1H3,(H,19,30)/t11-,12-,13+,14+,15-,16-,28?,29?/m0/s1. The van der Waals surface area contributed by atoms with Gasteiger partial charge in [-0.2, -0.15) is 5.26 Å². The van der Waals surface area contributed by atoms with Gasteiger partial charge in [0.25, 0.3) is 0 Å². The summed E-state index contributed by atoms with van der Waals surface area (Å²) in [5.41, 5.74) is 0. The quantitative estimate of drug-likeness (QED) is 0.431. The molecule has 15 heteroatoms. The van der Waals surface area contributed by atoms with Crippen molar-refractivity contribution in [2.24, 2.45) is 0 Å². The second-order valence-electron chi connectivity index (χ2n) is 7.07. The van der Waals surface area contributed by atoms with Crippen LogP contribution in [-0.4, -0.2) is 81.7 Å². The molecule has 2 bridgehead atoms. The van der Waals surface area contributed by atoms with Crippen molar-refractivity contribution in [2.75, 3.05) is 40.1 Å². The van der Waals surface area contributed by atoms with E-state index in [0.717, 1.165) is 0 Å². The Balaban J connectivity index is 1.88. The highest BCUT2D eigenvalue weighted by Crippen LogP contribution is 2.54. The zero-order chi connectivity index (χ0) is 22.5. The Morgan fingerprint density at radius 3 is 2.55 bits per heavy atom. The lowest BCUT2D eigenvalue weighted by molar-refractivity contribution is -0.153. The summed E-state index contributed by atoms with van der Waals surface area (Å²) in [5, 5.41) is 8.82. The van der Waals surface area contributed by atoms with E-state index in [4.69, 9.17) is 65.7 Å². The van der Waals surface area contributed by atoms with Crippen molar-refractivity contribution in [1.82, 2.24) is 0 Å². The SMILES string of the molecule is CO[C@H]1[C@@H]2CCO[C@@H]1COP(O)(=S)O[C@H]1[C@@H](F)CCO[C@@H]1COP(=S)(OCCC#N)O2. The topological polar surface area (TPSA) is 118 Å². The van der Waals surface area contributed by atoms with Crippen molar-refractivity contribution in [1.29, 1.82) is 5.26 Å². The minimum Gasteiger partial charge on any atom is -0.376 e. The number of nitrogens with zero attached hydrogens (tertiary/aromatic N) is 1. The molecule has 3 rings (SSSR count). The number of fused-ring (bicyclic) bond motifs is 3. The van der Waals surface area contributed by atoms with Gasteiger partial charge in [-0.05, 0) is 23.6 Å². The van der Waals surface area contributed by atoms with Gasteiger partial charge in [0.15, 0.2) is 0 Å². The van der Waals surface area contributed by atoms with E-state index in [1.165, 1.54) is 7.11 Å². The van der Waals surface area contributed by atoms with E-state index >= 15 is 0 Å². The highest BCUT2D eigenvalue weighted by molar-refractivity contribution is 8.07. The fourth-order valence-corrected chi connectivity index (χ4v) is 7.07. The Morgan fingerprint density at radius 1 is 1.10 bits per heavy atom. The third kappa shape index (κ3) is 7.17. The first-order valence-electron chi connectivity index (χ1n) is 9.77. The van der Waals surface area contributed by atoms with Crippen molar-refractivity contribution in [3.63, 3.8) is 0 Å². The maximum Gasteiger partial charge on any atom is 0.327 e. The lowest BCUT2D eigenvalue weighted by Gasteiger charge is -2.38. The first kappa shape index (κ1) is 26.0. The maximum absolute atomic E-state index is 14.6. The molecule has 3 aliphatic rings. The van der Waals surface area contributed by atoms with Crippen LogP contribution in [0.5, 0.6) is 0 Å². The number of methoxy groups -OCH3 is 1. The van der Waals surface area contributed by atoms with Crippen LogP contribution in [0.2, 0.25) is 0 Å². The molecule has 3 aliphatic heterocycles. The first-order chi connectivity index (χ1) is 14.8. The fraction of sp³-hybridized carbons (Fsp3) is 0.938. The van der Waals surface area contributed by atoms with E-state index in [1.807, 2.05) is 6.07 Å². The van der Waals surface area contributed by atoms with Crippen LogP contribution in [-0.2, 0) is 60.4 Å². The molecule has 10 nitrogen and oxygen atoms in total. The predicted molar refractivity (Wildman–Crippen MR) is 113 cm³/mol. The lowest BCUT2D eigenvalue weighted by atomic mass is 10.0.